The van der Waals surface area contributed by atoms with Crippen molar-refractivity contribution in [3.05, 3.63) is 40.8 Å². The number of aromatic nitrogens is 1. The molecule has 1 saturated heterocycles. The standard InChI is InChI=1S/C17H22N4O2S/c1-13(16-18-6-11-24-16)12-19-17(22)20-14-4-2-3-5-15(14)21-7-9-23-10-8-21/h2-6,11,13H,7-10,12H2,1H3,(H2,19,20,22). The molecule has 0 aliphatic carbocycles. The van der Waals surface area contributed by atoms with Gasteiger partial charge in [-0.1, -0.05) is 19.1 Å². The molecule has 7 heteroatoms. The first-order chi connectivity index (χ1) is 11.7. The number of carbonyl (C=O) groups excluding carboxylic acids is 1. The SMILES string of the molecule is CC(CNC(=O)Nc1ccccc1N1CCOCC1)c1nccs1. The predicted octanol–water partition coefficient (Wildman–Crippen LogP) is 2.90. The lowest BCUT2D eigenvalue weighted by Crippen LogP contribution is -2.37. The molecular formula is C17H22N4O2S. The molecule has 128 valence electrons. The molecule has 1 aliphatic heterocycles. The van der Waals surface area contributed by atoms with E-state index in [0.29, 0.717) is 19.8 Å². The number of rotatable bonds is 5. The fourth-order valence-electron chi connectivity index (χ4n) is 2.64. The van der Waals surface area contributed by atoms with Crippen LogP contribution in [0.3, 0.4) is 0 Å². The fourth-order valence-corrected chi connectivity index (χ4v) is 3.34. The van der Waals surface area contributed by atoms with Crippen LogP contribution in [-0.2, 0) is 4.74 Å². The Hall–Kier alpha value is -2.12. The molecule has 6 nitrogen and oxygen atoms in total. The van der Waals surface area contributed by atoms with Gasteiger partial charge in [-0.15, -0.1) is 11.3 Å². The van der Waals surface area contributed by atoms with E-state index in [2.05, 4.69) is 27.4 Å². The minimum absolute atomic E-state index is 0.195. The molecule has 0 radical (unpaired) electrons. The molecule has 1 aliphatic rings. The van der Waals surface area contributed by atoms with Crippen LogP contribution in [0.25, 0.3) is 0 Å². The van der Waals surface area contributed by atoms with Crippen molar-refractivity contribution in [3.8, 4) is 0 Å². The summed E-state index contributed by atoms with van der Waals surface area (Å²) in [7, 11) is 0. The van der Waals surface area contributed by atoms with E-state index in [9.17, 15) is 4.79 Å². The number of morpholine rings is 1. The van der Waals surface area contributed by atoms with Gasteiger partial charge in [0.05, 0.1) is 29.6 Å². The average molecular weight is 346 g/mol. The Kier molecular flexibility index (Phi) is 5.66. The quantitative estimate of drug-likeness (QED) is 0.874. The first-order valence-corrected chi connectivity index (χ1v) is 8.98. The normalized spacial score (nSPS) is 15.8. The van der Waals surface area contributed by atoms with Crippen molar-refractivity contribution in [2.45, 2.75) is 12.8 Å². The van der Waals surface area contributed by atoms with Gasteiger partial charge >= 0.3 is 6.03 Å². The van der Waals surface area contributed by atoms with Gasteiger partial charge in [0.15, 0.2) is 0 Å². The van der Waals surface area contributed by atoms with Crippen LogP contribution in [0.4, 0.5) is 16.2 Å². The number of benzene rings is 1. The molecule has 1 aromatic carbocycles. The van der Waals surface area contributed by atoms with E-state index in [4.69, 9.17) is 4.74 Å². The van der Waals surface area contributed by atoms with Crippen molar-refractivity contribution < 1.29 is 9.53 Å². The Morgan fingerprint density at radius 2 is 2.17 bits per heavy atom. The van der Waals surface area contributed by atoms with Gasteiger partial charge in [-0.05, 0) is 12.1 Å². The molecule has 1 atom stereocenters. The van der Waals surface area contributed by atoms with Crippen LogP contribution < -0.4 is 15.5 Å². The van der Waals surface area contributed by atoms with Crippen LogP contribution in [-0.4, -0.2) is 43.9 Å². The second-order valence-corrected chi connectivity index (χ2v) is 6.65. The summed E-state index contributed by atoms with van der Waals surface area (Å²) in [6.07, 6.45) is 1.79. The molecule has 2 aromatic rings. The summed E-state index contributed by atoms with van der Waals surface area (Å²) in [4.78, 5) is 18.8. The number of anilines is 2. The van der Waals surface area contributed by atoms with Gasteiger partial charge in [-0.2, -0.15) is 0 Å². The van der Waals surface area contributed by atoms with E-state index in [1.807, 2.05) is 29.6 Å². The fraction of sp³-hybridized carbons (Fsp3) is 0.412. The van der Waals surface area contributed by atoms with E-state index in [1.165, 1.54) is 0 Å². The zero-order valence-electron chi connectivity index (χ0n) is 13.7. The second-order valence-electron chi connectivity index (χ2n) is 5.72. The molecule has 1 unspecified atom stereocenters. The number of amides is 2. The first kappa shape index (κ1) is 16.7. The van der Waals surface area contributed by atoms with Gasteiger partial charge < -0.3 is 20.3 Å². The van der Waals surface area contributed by atoms with Crippen molar-refractivity contribution in [1.29, 1.82) is 0 Å². The van der Waals surface area contributed by atoms with Gasteiger partial charge in [0.1, 0.15) is 0 Å². The lowest BCUT2D eigenvalue weighted by molar-refractivity contribution is 0.123. The number of ether oxygens (including phenoxy) is 1. The van der Waals surface area contributed by atoms with E-state index in [-0.39, 0.29) is 11.9 Å². The number of urea groups is 1. The smallest absolute Gasteiger partial charge is 0.319 e. The second kappa shape index (κ2) is 8.12. The molecule has 2 N–H and O–H groups in total. The molecule has 0 bridgehead atoms. The molecule has 2 heterocycles. The maximum absolute atomic E-state index is 12.2. The number of nitrogens with zero attached hydrogens (tertiary/aromatic N) is 2. The predicted molar refractivity (Wildman–Crippen MR) is 97.0 cm³/mol. The summed E-state index contributed by atoms with van der Waals surface area (Å²) in [5.74, 6) is 0.199. The van der Waals surface area contributed by atoms with Crippen molar-refractivity contribution >= 4 is 28.7 Å². The van der Waals surface area contributed by atoms with Crippen LogP contribution in [0.5, 0.6) is 0 Å². The Bertz CT molecular complexity index is 656. The maximum atomic E-state index is 12.2. The van der Waals surface area contributed by atoms with Crippen LogP contribution in [0.2, 0.25) is 0 Å². The minimum Gasteiger partial charge on any atom is -0.378 e. The van der Waals surface area contributed by atoms with Crippen molar-refractivity contribution in [2.24, 2.45) is 0 Å². The highest BCUT2D eigenvalue weighted by Gasteiger charge is 2.16. The maximum Gasteiger partial charge on any atom is 0.319 e. The number of para-hydroxylation sites is 2. The van der Waals surface area contributed by atoms with Crippen LogP contribution in [0, 0.1) is 0 Å². The number of nitrogens with one attached hydrogen (secondary N) is 2. The third-order valence-electron chi connectivity index (χ3n) is 3.95. The Labute approximate surface area is 145 Å². The monoisotopic (exact) mass is 346 g/mol. The molecule has 0 saturated carbocycles. The molecular weight excluding hydrogens is 324 g/mol. The summed E-state index contributed by atoms with van der Waals surface area (Å²) < 4.78 is 5.40. The summed E-state index contributed by atoms with van der Waals surface area (Å²) >= 11 is 1.61. The summed E-state index contributed by atoms with van der Waals surface area (Å²) in [5.41, 5.74) is 1.85. The van der Waals surface area contributed by atoms with Crippen LogP contribution in [0.1, 0.15) is 17.8 Å². The van der Waals surface area contributed by atoms with Crippen molar-refractivity contribution in [3.63, 3.8) is 0 Å². The summed E-state index contributed by atoms with van der Waals surface area (Å²) in [6, 6.07) is 7.67. The van der Waals surface area contributed by atoms with Crippen molar-refractivity contribution in [2.75, 3.05) is 43.1 Å². The molecule has 3 rings (SSSR count). The molecule has 1 aromatic heterocycles. The number of thiazole rings is 1. The van der Waals surface area contributed by atoms with Gasteiger partial charge in [0.2, 0.25) is 0 Å². The molecule has 0 spiro atoms. The molecule has 2 amide bonds. The minimum atomic E-state index is -0.195. The van der Waals surface area contributed by atoms with Gasteiger partial charge in [-0.25, -0.2) is 9.78 Å². The Morgan fingerprint density at radius 3 is 2.92 bits per heavy atom. The lowest BCUT2D eigenvalue weighted by atomic mass is 10.2. The first-order valence-electron chi connectivity index (χ1n) is 8.10. The van der Waals surface area contributed by atoms with Crippen LogP contribution in [0.15, 0.2) is 35.8 Å². The Balaban J connectivity index is 1.58. The summed E-state index contributed by atoms with van der Waals surface area (Å²) in [6.45, 7) is 5.71. The molecule has 24 heavy (non-hydrogen) atoms. The summed E-state index contributed by atoms with van der Waals surface area (Å²) in [5, 5.41) is 8.86. The highest BCUT2D eigenvalue weighted by molar-refractivity contribution is 7.09. The third kappa shape index (κ3) is 4.24. The van der Waals surface area contributed by atoms with Gasteiger partial charge in [0.25, 0.3) is 0 Å². The number of carbonyl (C=O) groups is 1. The Morgan fingerprint density at radius 1 is 1.38 bits per heavy atom. The van der Waals surface area contributed by atoms with E-state index in [1.54, 1.807) is 17.5 Å². The number of hydrogen-bond acceptors (Lipinski definition) is 5. The van der Waals surface area contributed by atoms with Crippen molar-refractivity contribution in [1.82, 2.24) is 10.3 Å². The number of hydrogen-bond donors (Lipinski definition) is 2. The van der Waals surface area contributed by atoms with E-state index >= 15 is 0 Å². The lowest BCUT2D eigenvalue weighted by Gasteiger charge is -2.30. The van der Waals surface area contributed by atoms with Gasteiger partial charge in [-0.3, -0.25) is 0 Å². The van der Waals surface area contributed by atoms with Crippen LogP contribution >= 0.6 is 11.3 Å². The topological polar surface area (TPSA) is 66.5 Å². The third-order valence-corrected chi connectivity index (χ3v) is 4.95. The van der Waals surface area contributed by atoms with Gasteiger partial charge in [0, 0.05) is 37.1 Å². The zero-order valence-corrected chi connectivity index (χ0v) is 14.5. The molecule has 1 fully saturated rings. The zero-order chi connectivity index (χ0) is 16.8. The average Bonchev–Trinajstić information content (AvgIpc) is 3.16. The largest absolute Gasteiger partial charge is 0.378 e. The van der Waals surface area contributed by atoms with E-state index in [0.717, 1.165) is 29.5 Å². The highest BCUT2D eigenvalue weighted by Crippen LogP contribution is 2.26. The highest BCUT2D eigenvalue weighted by atomic mass is 32.1. The van der Waals surface area contributed by atoms with E-state index < -0.39 is 0 Å².